The van der Waals surface area contributed by atoms with Crippen molar-refractivity contribution in [3.8, 4) is 11.1 Å². The number of aromatic nitrogens is 4. The van der Waals surface area contributed by atoms with Gasteiger partial charge in [-0.15, -0.1) is 12.6 Å². The van der Waals surface area contributed by atoms with Crippen LogP contribution in [0.4, 0.5) is 0 Å². The van der Waals surface area contributed by atoms with Crippen molar-refractivity contribution in [3.05, 3.63) is 45.5 Å². The van der Waals surface area contributed by atoms with E-state index in [1.165, 1.54) is 4.52 Å². The lowest BCUT2D eigenvalue weighted by molar-refractivity contribution is 0.742. The fourth-order valence-corrected chi connectivity index (χ4v) is 2.56. The van der Waals surface area contributed by atoms with Crippen molar-refractivity contribution in [3.63, 3.8) is 0 Å². The fraction of sp³-hybridized carbons (Fsp3) is 0.214. The second-order valence-electron chi connectivity index (χ2n) is 5.02. The molecular weight excluding hydrogens is 308 g/mol. The van der Waals surface area contributed by atoms with Gasteiger partial charge in [0.2, 0.25) is 0 Å². The number of halogens is 1. The summed E-state index contributed by atoms with van der Waals surface area (Å²) in [7, 11) is 0. The van der Waals surface area contributed by atoms with Gasteiger partial charge in [-0.05, 0) is 23.6 Å². The number of aromatic amines is 1. The number of thiol groups is 1. The van der Waals surface area contributed by atoms with Crippen LogP contribution in [0.3, 0.4) is 0 Å². The Bertz CT molecular complexity index is 867. The topological polar surface area (TPSA) is 63.1 Å². The summed E-state index contributed by atoms with van der Waals surface area (Å²) in [4.78, 5) is 18.9. The molecule has 0 unspecified atom stereocenters. The third-order valence-corrected chi connectivity index (χ3v) is 3.65. The van der Waals surface area contributed by atoms with Gasteiger partial charge in [0.1, 0.15) is 0 Å². The van der Waals surface area contributed by atoms with Crippen LogP contribution < -0.4 is 5.69 Å². The van der Waals surface area contributed by atoms with Crippen LogP contribution in [0.25, 0.3) is 16.8 Å². The summed E-state index contributed by atoms with van der Waals surface area (Å²) in [6.07, 6.45) is 0. The molecule has 2 aromatic heterocycles. The van der Waals surface area contributed by atoms with Crippen molar-refractivity contribution in [1.29, 1.82) is 0 Å². The van der Waals surface area contributed by atoms with Gasteiger partial charge in [-0.25, -0.2) is 9.78 Å². The highest BCUT2D eigenvalue weighted by Crippen LogP contribution is 2.32. The van der Waals surface area contributed by atoms with E-state index in [1.54, 1.807) is 12.1 Å². The highest BCUT2D eigenvalue weighted by atomic mass is 35.5. The van der Waals surface area contributed by atoms with Crippen LogP contribution in [0.1, 0.15) is 25.5 Å². The standard InChI is InChI=1S/C14H13ClN4OS/c1-7(2)11-10(8-3-5-9(15)6-4-8)12-16-13(21)17-14(20)19(12)18-11/h3-7H,1-2H3,(H2,16,17,20,21). The molecule has 0 aliphatic rings. The van der Waals surface area contributed by atoms with Gasteiger partial charge < -0.3 is 0 Å². The predicted molar refractivity (Wildman–Crippen MR) is 85.4 cm³/mol. The summed E-state index contributed by atoms with van der Waals surface area (Å²) in [5.41, 5.74) is 2.71. The number of nitrogens with one attached hydrogen (secondary N) is 1. The molecule has 2 heterocycles. The largest absolute Gasteiger partial charge is 0.350 e. The molecule has 3 rings (SSSR count). The zero-order valence-electron chi connectivity index (χ0n) is 11.5. The first-order valence-corrected chi connectivity index (χ1v) is 7.27. The smallest absolute Gasteiger partial charge is 0.285 e. The van der Waals surface area contributed by atoms with Gasteiger partial charge in [-0.1, -0.05) is 37.6 Å². The Balaban J connectivity index is 2.40. The van der Waals surface area contributed by atoms with Crippen molar-refractivity contribution >= 4 is 29.9 Å². The first-order valence-electron chi connectivity index (χ1n) is 6.45. The van der Waals surface area contributed by atoms with Gasteiger partial charge in [0.05, 0.1) is 11.3 Å². The van der Waals surface area contributed by atoms with Crippen LogP contribution in [0.5, 0.6) is 0 Å². The van der Waals surface area contributed by atoms with Crippen LogP contribution in [0, 0.1) is 0 Å². The van der Waals surface area contributed by atoms with E-state index in [0.29, 0.717) is 10.7 Å². The summed E-state index contributed by atoms with van der Waals surface area (Å²) < 4.78 is 1.28. The minimum atomic E-state index is -0.355. The molecular formula is C14H13ClN4OS. The highest BCUT2D eigenvalue weighted by Gasteiger charge is 2.20. The van der Waals surface area contributed by atoms with E-state index in [9.17, 15) is 4.79 Å². The fourth-order valence-electron chi connectivity index (χ4n) is 2.24. The summed E-state index contributed by atoms with van der Waals surface area (Å²) in [5.74, 6) is 0.153. The third-order valence-electron chi connectivity index (χ3n) is 3.19. The SMILES string of the molecule is CC(C)c1nn2c(=O)[nH]c(S)nc2c1-c1ccc(Cl)cc1. The normalized spacial score (nSPS) is 11.5. The van der Waals surface area contributed by atoms with Gasteiger partial charge in [0, 0.05) is 5.02 Å². The van der Waals surface area contributed by atoms with Crippen molar-refractivity contribution in [1.82, 2.24) is 19.6 Å². The molecule has 5 nitrogen and oxygen atoms in total. The Morgan fingerprint density at radius 3 is 2.57 bits per heavy atom. The number of benzene rings is 1. The second kappa shape index (κ2) is 5.20. The number of rotatable bonds is 2. The van der Waals surface area contributed by atoms with Crippen LogP contribution >= 0.6 is 24.2 Å². The maximum atomic E-state index is 12.0. The second-order valence-corrected chi connectivity index (χ2v) is 5.88. The maximum absolute atomic E-state index is 12.0. The van der Waals surface area contributed by atoms with Crippen LogP contribution in [0.2, 0.25) is 5.02 Å². The number of hydrogen-bond acceptors (Lipinski definition) is 4. The van der Waals surface area contributed by atoms with Crippen LogP contribution in [-0.2, 0) is 0 Å². The zero-order valence-corrected chi connectivity index (χ0v) is 13.1. The molecule has 3 aromatic rings. The Labute approximate surface area is 131 Å². The van der Waals surface area contributed by atoms with Crippen LogP contribution in [-0.4, -0.2) is 19.6 Å². The van der Waals surface area contributed by atoms with Crippen molar-refractivity contribution in [2.75, 3.05) is 0 Å². The van der Waals surface area contributed by atoms with E-state index in [1.807, 2.05) is 26.0 Å². The van der Waals surface area contributed by atoms with E-state index in [0.717, 1.165) is 16.8 Å². The first kappa shape index (κ1) is 14.2. The Morgan fingerprint density at radius 2 is 1.95 bits per heavy atom. The lowest BCUT2D eigenvalue weighted by Gasteiger charge is -2.05. The molecule has 0 spiro atoms. The molecule has 0 fully saturated rings. The molecule has 0 atom stereocenters. The van der Waals surface area contributed by atoms with Gasteiger partial charge in [-0.3, -0.25) is 4.98 Å². The molecule has 0 amide bonds. The quantitative estimate of drug-likeness (QED) is 0.713. The molecule has 0 aliphatic carbocycles. The lowest BCUT2D eigenvalue weighted by Crippen LogP contribution is -2.19. The van der Waals surface area contributed by atoms with Gasteiger partial charge >= 0.3 is 5.69 Å². The highest BCUT2D eigenvalue weighted by molar-refractivity contribution is 7.80. The van der Waals surface area contributed by atoms with E-state index < -0.39 is 0 Å². The lowest BCUT2D eigenvalue weighted by atomic mass is 10.00. The Hall–Kier alpha value is -1.79. The molecule has 0 radical (unpaired) electrons. The molecule has 0 bridgehead atoms. The molecule has 1 N–H and O–H groups in total. The number of hydrogen-bond donors (Lipinski definition) is 2. The number of fused-ring (bicyclic) bond motifs is 1. The van der Waals surface area contributed by atoms with Gasteiger partial charge in [0.25, 0.3) is 0 Å². The summed E-state index contributed by atoms with van der Waals surface area (Å²) >= 11 is 10.1. The minimum Gasteiger partial charge on any atom is -0.285 e. The maximum Gasteiger partial charge on any atom is 0.350 e. The van der Waals surface area contributed by atoms with Crippen molar-refractivity contribution in [2.45, 2.75) is 24.9 Å². The van der Waals surface area contributed by atoms with E-state index in [-0.39, 0.29) is 16.8 Å². The Morgan fingerprint density at radius 1 is 1.29 bits per heavy atom. The molecule has 0 aliphatic heterocycles. The Kier molecular flexibility index (Phi) is 3.51. The molecule has 0 saturated carbocycles. The molecule has 1 aromatic carbocycles. The monoisotopic (exact) mass is 320 g/mol. The summed E-state index contributed by atoms with van der Waals surface area (Å²) in [6, 6.07) is 7.40. The van der Waals surface area contributed by atoms with Crippen molar-refractivity contribution < 1.29 is 0 Å². The van der Waals surface area contributed by atoms with E-state index >= 15 is 0 Å². The molecule has 0 saturated heterocycles. The molecule has 7 heteroatoms. The summed E-state index contributed by atoms with van der Waals surface area (Å²) in [6.45, 7) is 4.05. The van der Waals surface area contributed by atoms with Crippen LogP contribution in [0.15, 0.2) is 34.2 Å². The predicted octanol–water partition coefficient (Wildman–Crippen LogP) is 3.15. The number of H-pyrrole nitrogens is 1. The summed E-state index contributed by atoms with van der Waals surface area (Å²) in [5, 5.41) is 5.31. The average Bonchev–Trinajstić information content (AvgIpc) is 2.79. The minimum absolute atomic E-state index is 0.153. The van der Waals surface area contributed by atoms with E-state index in [4.69, 9.17) is 11.6 Å². The zero-order chi connectivity index (χ0) is 15.1. The van der Waals surface area contributed by atoms with Gasteiger partial charge in [-0.2, -0.15) is 9.61 Å². The van der Waals surface area contributed by atoms with Crippen molar-refractivity contribution in [2.24, 2.45) is 0 Å². The molecule has 21 heavy (non-hydrogen) atoms. The first-order chi connectivity index (χ1) is 9.97. The van der Waals surface area contributed by atoms with Gasteiger partial charge in [0.15, 0.2) is 10.8 Å². The average molecular weight is 321 g/mol. The van der Waals surface area contributed by atoms with E-state index in [2.05, 4.69) is 27.7 Å². The number of nitrogens with zero attached hydrogens (tertiary/aromatic N) is 3. The third kappa shape index (κ3) is 2.45. The molecule has 108 valence electrons.